The average Bonchev–Trinajstić information content (AvgIpc) is 2.83. The summed E-state index contributed by atoms with van der Waals surface area (Å²) in [6.45, 7) is 0.798. The fraction of sp³-hybridized carbons (Fsp3) is 0.318. The van der Waals surface area contributed by atoms with Gasteiger partial charge in [0, 0.05) is 32.0 Å². The molecular weight excluding hydrogens is 416 g/mol. The Morgan fingerprint density at radius 2 is 1.75 bits per heavy atom. The van der Waals surface area contributed by atoms with Gasteiger partial charge in [-0.25, -0.2) is 9.97 Å². The van der Waals surface area contributed by atoms with E-state index in [4.69, 9.17) is 14.2 Å². The van der Waals surface area contributed by atoms with Crippen LogP contribution < -0.4 is 14.2 Å². The summed E-state index contributed by atoms with van der Waals surface area (Å²) in [7, 11) is 2.80. The fourth-order valence-electron chi connectivity index (χ4n) is 3.71. The number of nitrogens with zero attached hydrogens (tertiary/aromatic N) is 4. The number of nitro groups is 1. The second-order valence-corrected chi connectivity index (χ2v) is 7.29. The van der Waals surface area contributed by atoms with Crippen LogP contribution >= 0.6 is 0 Å². The van der Waals surface area contributed by atoms with E-state index in [0.717, 1.165) is 11.0 Å². The number of para-hydroxylation sites is 2. The fourth-order valence-corrected chi connectivity index (χ4v) is 3.71. The molecule has 2 heterocycles. The molecule has 1 fully saturated rings. The zero-order valence-corrected chi connectivity index (χ0v) is 17.7. The molecule has 1 saturated heterocycles. The molecular formula is C22H22N4O6. The predicted molar refractivity (Wildman–Crippen MR) is 115 cm³/mol. The van der Waals surface area contributed by atoms with Gasteiger partial charge in [0.1, 0.15) is 11.7 Å². The minimum Gasteiger partial charge on any atom is -0.493 e. The lowest BCUT2D eigenvalue weighted by Crippen LogP contribution is -2.42. The van der Waals surface area contributed by atoms with Gasteiger partial charge in [0.25, 0.3) is 11.6 Å². The average molecular weight is 438 g/mol. The SMILES string of the molecule is COc1cc(C(=O)N2CCC(Oc3cnc4ccccc4n3)CC2)c([N+](=O)[O-])cc1OC. The zero-order chi connectivity index (χ0) is 22.7. The largest absolute Gasteiger partial charge is 0.493 e. The summed E-state index contributed by atoms with van der Waals surface area (Å²) >= 11 is 0. The van der Waals surface area contributed by atoms with E-state index in [0.29, 0.717) is 31.8 Å². The summed E-state index contributed by atoms with van der Waals surface area (Å²) in [6, 6.07) is 10.1. The first-order valence-corrected chi connectivity index (χ1v) is 10.1. The first-order valence-electron chi connectivity index (χ1n) is 10.1. The van der Waals surface area contributed by atoms with E-state index in [1.54, 1.807) is 11.1 Å². The van der Waals surface area contributed by atoms with Gasteiger partial charge in [0.05, 0.1) is 42.4 Å². The molecule has 4 rings (SSSR count). The van der Waals surface area contributed by atoms with E-state index in [2.05, 4.69) is 9.97 Å². The summed E-state index contributed by atoms with van der Waals surface area (Å²) in [6.07, 6.45) is 2.60. The van der Waals surface area contributed by atoms with Gasteiger partial charge in [0.15, 0.2) is 11.5 Å². The highest BCUT2D eigenvalue weighted by molar-refractivity contribution is 5.99. The van der Waals surface area contributed by atoms with Crippen LogP contribution in [0.5, 0.6) is 17.4 Å². The summed E-state index contributed by atoms with van der Waals surface area (Å²) in [5, 5.41) is 11.5. The smallest absolute Gasteiger partial charge is 0.286 e. The Bertz CT molecular complexity index is 1160. The molecule has 1 aliphatic rings. The van der Waals surface area contributed by atoms with E-state index in [-0.39, 0.29) is 28.9 Å². The highest BCUT2D eigenvalue weighted by Crippen LogP contribution is 2.35. The number of nitro benzene ring substituents is 1. The standard InChI is InChI=1S/C22H22N4O6/c1-30-19-11-15(18(26(28)29)12-20(19)31-2)22(27)25-9-7-14(8-10-25)32-21-13-23-16-5-3-4-6-17(16)24-21/h3-6,11-14H,7-10H2,1-2H3. The van der Waals surface area contributed by atoms with Crippen molar-refractivity contribution < 1.29 is 23.9 Å². The highest BCUT2D eigenvalue weighted by atomic mass is 16.6. The molecule has 0 radical (unpaired) electrons. The number of aromatic nitrogens is 2. The third-order valence-corrected chi connectivity index (χ3v) is 5.37. The number of hydrogen-bond donors (Lipinski definition) is 0. The van der Waals surface area contributed by atoms with Crippen LogP contribution in [-0.4, -0.2) is 59.1 Å². The molecule has 0 spiro atoms. The number of benzene rings is 2. The number of ether oxygens (including phenoxy) is 3. The lowest BCUT2D eigenvalue weighted by Gasteiger charge is -2.32. The number of hydrogen-bond acceptors (Lipinski definition) is 8. The van der Waals surface area contributed by atoms with Crippen LogP contribution in [-0.2, 0) is 0 Å². The second-order valence-electron chi connectivity index (χ2n) is 7.29. The number of fused-ring (bicyclic) bond motifs is 1. The van der Waals surface area contributed by atoms with Gasteiger partial charge in [-0.05, 0) is 12.1 Å². The molecule has 1 aromatic heterocycles. The van der Waals surface area contributed by atoms with E-state index in [1.807, 2.05) is 24.3 Å². The van der Waals surface area contributed by atoms with Crippen LogP contribution in [0.2, 0.25) is 0 Å². The molecule has 0 saturated carbocycles. The number of carbonyl (C=O) groups is 1. The van der Waals surface area contributed by atoms with Crippen molar-refractivity contribution in [2.24, 2.45) is 0 Å². The Morgan fingerprint density at radius 3 is 2.41 bits per heavy atom. The maximum atomic E-state index is 13.1. The topological polar surface area (TPSA) is 117 Å². The van der Waals surface area contributed by atoms with Crippen molar-refractivity contribution in [2.45, 2.75) is 18.9 Å². The van der Waals surface area contributed by atoms with Crippen molar-refractivity contribution >= 4 is 22.6 Å². The van der Waals surface area contributed by atoms with E-state index >= 15 is 0 Å². The van der Waals surface area contributed by atoms with Crippen molar-refractivity contribution in [3.8, 4) is 17.4 Å². The van der Waals surface area contributed by atoms with Crippen LogP contribution in [0.15, 0.2) is 42.6 Å². The first kappa shape index (κ1) is 21.3. The summed E-state index contributed by atoms with van der Waals surface area (Å²) in [4.78, 5) is 34.4. The molecule has 0 atom stereocenters. The molecule has 0 unspecified atom stereocenters. The lowest BCUT2D eigenvalue weighted by molar-refractivity contribution is -0.385. The summed E-state index contributed by atoms with van der Waals surface area (Å²) < 4.78 is 16.3. The molecule has 1 amide bonds. The van der Waals surface area contributed by atoms with Crippen molar-refractivity contribution in [3.63, 3.8) is 0 Å². The quantitative estimate of drug-likeness (QED) is 0.425. The first-order chi connectivity index (χ1) is 15.5. The van der Waals surface area contributed by atoms with Crippen LogP contribution in [0.1, 0.15) is 23.2 Å². The minimum absolute atomic E-state index is 0.0348. The van der Waals surface area contributed by atoms with Gasteiger partial charge in [-0.15, -0.1) is 0 Å². The van der Waals surface area contributed by atoms with Crippen LogP contribution in [0.3, 0.4) is 0 Å². The molecule has 10 nitrogen and oxygen atoms in total. The number of amides is 1. The number of likely N-dealkylation sites (tertiary alicyclic amines) is 1. The van der Waals surface area contributed by atoms with Crippen LogP contribution in [0.4, 0.5) is 5.69 Å². The molecule has 166 valence electrons. The Kier molecular flexibility index (Phi) is 6.02. The molecule has 10 heteroatoms. The Balaban J connectivity index is 1.45. The van der Waals surface area contributed by atoms with Crippen LogP contribution in [0, 0.1) is 10.1 Å². The van der Waals surface area contributed by atoms with Gasteiger partial charge in [0.2, 0.25) is 5.88 Å². The Morgan fingerprint density at radius 1 is 1.09 bits per heavy atom. The van der Waals surface area contributed by atoms with Crippen molar-refractivity contribution in [3.05, 3.63) is 58.3 Å². The Labute approximate surface area is 183 Å². The predicted octanol–water partition coefficient (Wildman–Crippen LogP) is 3.24. The molecule has 32 heavy (non-hydrogen) atoms. The molecule has 0 aliphatic carbocycles. The second kappa shape index (κ2) is 9.04. The van der Waals surface area contributed by atoms with E-state index in [1.165, 1.54) is 26.4 Å². The maximum Gasteiger partial charge on any atom is 0.286 e. The van der Waals surface area contributed by atoms with Crippen molar-refractivity contribution in [1.82, 2.24) is 14.9 Å². The van der Waals surface area contributed by atoms with Crippen molar-refractivity contribution in [2.75, 3.05) is 27.3 Å². The molecule has 3 aromatic rings. The minimum atomic E-state index is -0.594. The zero-order valence-electron chi connectivity index (χ0n) is 17.7. The molecule has 0 bridgehead atoms. The number of rotatable bonds is 6. The lowest BCUT2D eigenvalue weighted by atomic mass is 10.0. The number of piperidine rings is 1. The molecule has 0 N–H and O–H groups in total. The molecule has 2 aromatic carbocycles. The van der Waals surface area contributed by atoms with Gasteiger partial charge in [-0.3, -0.25) is 14.9 Å². The van der Waals surface area contributed by atoms with Crippen LogP contribution in [0.25, 0.3) is 11.0 Å². The summed E-state index contributed by atoms with van der Waals surface area (Å²) in [5.74, 6) is 0.458. The van der Waals surface area contributed by atoms with Gasteiger partial charge < -0.3 is 19.1 Å². The maximum absolute atomic E-state index is 13.1. The Hall–Kier alpha value is -3.95. The van der Waals surface area contributed by atoms with E-state index in [9.17, 15) is 14.9 Å². The van der Waals surface area contributed by atoms with Gasteiger partial charge in [-0.2, -0.15) is 0 Å². The monoisotopic (exact) mass is 438 g/mol. The number of carbonyl (C=O) groups excluding carboxylic acids is 1. The number of methoxy groups -OCH3 is 2. The summed E-state index contributed by atoms with van der Waals surface area (Å²) in [5.41, 5.74) is 1.18. The van der Waals surface area contributed by atoms with E-state index < -0.39 is 10.8 Å². The van der Waals surface area contributed by atoms with Crippen molar-refractivity contribution in [1.29, 1.82) is 0 Å². The van der Waals surface area contributed by atoms with Gasteiger partial charge in [-0.1, -0.05) is 12.1 Å². The normalized spacial score (nSPS) is 14.2. The van der Waals surface area contributed by atoms with Gasteiger partial charge >= 0.3 is 0 Å². The highest BCUT2D eigenvalue weighted by Gasteiger charge is 2.31. The molecule has 1 aliphatic heterocycles. The third-order valence-electron chi connectivity index (χ3n) is 5.37. The third kappa shape index (κ3) is 4.25.